The van der Waals surface area contributed by atoms with E-state index in [1.807, 2.05) is 29.2 Å². The summed E-state index contributed by atoms with van der Waals surface area (Å²) in [5, 5.41) is 4.39. The predicted octanol–water partition coefficient (Wildman–Crippen LogP) is 3.86. The van der Waals surface area contributed by atoms with Crippen LogP contribution in [0.25, 0.3) is 10.9 Å². The molecule has 2 aromatic carbocycles. The zero-order valence-corrected chi connectivity index (χ0v) is 21.7. The van der Waals surface area contributed by atoms with Gasteiger partial charge in [0.25, 0.3) is 5.56 Å². The third-order valence-corrected chi connectivity index (χ3v) is 7.16. The quantitative estimate of drug-likeness (QED) is 0.447. The molecule has 190 valence electrons. The molecule has 1 saturated heterocycles. The first-order chi connectivity index (χ1) is 17.3. The summed E-state index contributed by atoms with van der Waals surface area (Å²) in [6, 6.07) is 11.0. The van der Waals surface area contributed by atoms with Gasteiger partial charge in [-0.05, 0) is 48.7 Å². The van der Waals surface area contributed by atoms with Gasteiger partial charge in [-0.2, -0.15) is 0 Å². The van der Waals surface area contributed by atoms with Gasteiger partial charge < -0.3 is 15.1 Å². The number of benzene rings is 2. The minimum absolute atomic E-state index is 0.0560. The van der Waals surface area contributed by atoms with Gasteiger partial charge in [0, 0.05) is 58.3 Å². The summed E-state index contributed by atoms with van der Waals surface area (Å²) in [7, 11) is 0. The maximum Gasteiger partial charge on any atom is 0.261 e. The molecule has 1 aliphatic heterocycles. The number of nitrogens with one attached hydrogen (secondary N) is 1. The molecule has 0 spiro atoms. The molecule has 10 heteroatoms. The van der Waals surface area contributed by atoms with Crippen molar-refractivity contribution in [1.82, 2.24) is 19.8 Å². The van der Waals surface area contributed by atoms with Gasteiger partial charge in [0.15, 0.2) is 0 Å². The number of rotatable bonds is 8. The van der Waals surface area contributed by atoms with Gasteiger partial charge >= 0.3 is 0 Å². The van der Waals surface area contributed by atoms with Crippen LogP contribution in [0.5, 0.6) is 0 Å². The smallest absolute Gasteiger partial charge is 0.261 e. The first kappa shape index (κ1) is 26.0. The first-order valence-electron chi connectivity index (χ1n) is 12.0. The van der Waals surface area contributed by atoms with Crippen molar-refractivity contribution in [2.75, 3.05) is 31.1 Å². The second kappa shape index (κ2) is 11.8. The molecule has 1 N–H and O–H groups in total. The molecule has 0 radical (unpaired) electrons. The molecule has 0 aliphatic carbocycles. The number of piperazine rings is 1. The lowest BCUT2D eigenvalue weighted by Crippen LogP contribution is -2.48. The van der Waals surface area contributed by atoms with Crippen LogP contribution in [0.1, 0.15) is 31.7 Å². The monoisotopic (exact) mass is 529 g/mol. The van der Waals surface area contributed by atoms with Gasteiger partial charge in [-0.1, -0.05) is 29.3 Å². The van der Waals surface area contributed by atoms with E-state index in [2.05, 4.69) is 15.2 Å². The molecule has 3 aromatic rings. The Labute approximate surface area is 219 Å². The minimum Gasteiger partial charge on any atom is -0.368 e. The first-order valence-corrected chi connectivity index (χ1v) is 12.8. The third-order valence-electron chi connectivity index (χ3n) is 6.42. The fourth-order valence-electron chi connectivity index (χ4n) is 4.29. The number of anilines is 1. The van der Waals surface area contributed by atoms with Crippen LogP contribution >= 0.6 is 23.2 Å². The number of carbonyl (C=O) groups is 2. The lowest BCUT2D eigenvalue weighted by Gasteiger charge is -2.35. The Morgan fingerprint density at radius 1 is 1.00 bits per heavy atom. The van der Waals surface area contributed by atoms with Crippen LogP contribution in [0.2, 0.25) is 10.0 Å². The van der Waals surface area contributed by atoms with Crippen molar-refractivity contribution in [3.8, 4) is 0 Å². The molecule has 36 heavy (non-hydrogen) atoms. The van der Waals surface area contributed by atoms with Crippen molar-refractivity contribution in [3.63, 3.8) is 0 Å². The average molecular weight is 530 g/mol. The lowest BCUT2D eigenvalue weighted by molar-refractivity contribution is -0.129. The number of halogens is 2. The summed E-state index contributed by atoms with van der Waals surface area (Å²) < 4.78 is 1.60. The zero-order chi connectivity index (χ0) is 25.7. The van der Waals surface area contributed by atoms with E-state index >= 15 is 0 Å². The number of aryl methyl sites for hydroxylation is 1. The van der Waals surface area contributed by atoms with E-state index in [0.29, 0.717) is 66.4 Å². The highest BCUT2D eigenvalue weighted by atomic mass is 35.5. The maximum absolute atomic E-state index is 13.1. The Hall–Kier alpha value is -3.10. The Bertz CT molecular complexity index is 1320. The van der Waals surface area contributed by atoms with E-state index in [1.165, 1.54) is 0 Å². The van der Waals surface area contributed by atoms with Crippen LogP contribution in [0, 0.1) is 0 Å². The largest absolute Gasteiger partial charge is 0.368 e. The molecule has 0 bridgehead atoms. The summed E-state index contributed by atoms with van der Waals surface area (Å²) in [5.74, 6) is 0.0313. The van der Waals surface area contributed by atoms with Gasteiger partial charge in [-0.15, -0.1) is 0 Å². The van der Waals surface area contributed by atoms with Crippen LogP contribution in [-0.2, 0) is 22.7 Å². The number of aromatic nitrogens is 2. The highest BCUT2D eigenvalue weighted by Gasteiger charge is 2.19. The van der Waals surface area contributed by atoms with Crippen molar-refractivity contribution in [2.24, 2.45) is 0 Å². The maximum atomic E-state index is 13.1. The van der Waals surface area contributed by atoms with Crippen LogP contribution in [0.4, 0.5) is 5.69 Å². The van der Waals surface area contributed by atoms with Gasteiger partial charge in [0.1, 0.15) is 0 Å². The predicted molar refractivity (Wildman–Crippen MR) is 143 cm³/mol. The Morgan fingerprint density at radius 3 is 2.50 bits per heavy atom. The Kier molecular flexibility index (Phi) is 8.48. The van der Waals surface area contributed by atoms with E-state index < -0.39 is 0 Å². The molecule has 0 unspecified atom stereocenters. The molecular weight excluding hydrogens is 501 g/mol. The normalized spacial score (nSPS) is 13.8. The van der Waals surface area contributed by atoms with Crippen molar-refractivity contribution in [1.29, 1.82) is 0 Å². The van der Waals surface area contributed by atoms with E-state index in [-0.39, 0.29) is 17.4 Å². The molecule has 1 aliphatic rings. The van der Waals surface area contributed by atoms with Crippen molar-refractivity contribution < 1.29 is 9.59 Å². The molecule has 1 fully saturated rings. The summed E-state index contributed by atoms with van der Waals surface area (Å²) in [6.45, 7) is 5.26. The van der Waals surface area contributed by atoms with Gasteiger partial charge in [0.2, 0.25) is 11.8 Å². The summed E-state index contributed by atoms with van der Waals surface area (Å²) in [5.41, 5.74) is 2.41. The standard InChI is InChI=1S/C26H29Cl2N5O3/c1-18(34)31-10-12-32(13-11-31)20-6-8-24-21(15-20)26(36)33(17-30-24)9-3-2-4-25(35)29-16-19-5-7-22(27)23(28)14-19/h5-8,14-15,17H,2-4,9-13,16H2,1H3,(H,29,35). The third kappa shape index (κ3) is 6.36. The van der Waals surface area contributed by atoms with E-state index in [1.54, 1.807) is 30.0 Å². The van der Waals surface area contributed by atoms with E-state index in [4.69, 9.17) is 23.2 Å². The highest BCUT2D eigenvalue weighted by molar-refractivity contribution is 6.42. The summed E-state index contributed by atoms with van der Waals surface area (Å²) >= 11 is 11.9. The number of fused-ring (bicyclic) bond motifs is 1. The lowest BCUT2D eigenvalue weighted by atomic mass is 10.1. The molecular formula is C26H29Cl2N5O3. The zero-order valence-electron chi connectivity index (χ0n) is 20.2. The second-order valence-corrected chi connectivity index (χ2v) is 9.73. The van der Waals surface area contributed by atoms with Crippen LogP contribution in [-0.4, -0.2) is 52.4 Å². The number of hydrogen-bond donors (Lipinski definition) is 1. The molecule has 2 amide bonds. The molecule has 1 aromatic heterocycles. The van der Waals surface area contributed by atoms with Gasteiger partial charge in [0.05, 0.1) is 27.3 Å². The number of hydrogen-bond acceptors (Lipinski definition) is 5. The number of carbonyl (C=O) groups excluding carboxylic acids is 2. The topological polar surface area (TPSA) is 87.5 Å². The van der Waals surface area contributed by atoms with Crippen molar-refractivity contribution in [3.05, 3.63) is 68.7 Å². The van der Waals surface area contributed by atoms with Crippen LogP contribution in [0.15, 0.2) is 47.5 Å². The Balaban J connectivity index is 1.30. The SMILES string of the molecule is CC(=O)N1CCN(c2ccc3ncn(CCCCC(=O)NCc4ccc(Cl)c(Cl)c4)c(=O)c3c2)CC1. The van der Waals surface area contributed by atoms with E-state index in [0.717, 1.165) is 24.3 Å². The van der Waals surface area contributed by atoms with Crippen LogP contribution < -0.4 is 15.8 Å². The minimum atomic E-state index is -0.0895. The molecule has 2 heterocycles. The number of amides is 2. The van der Waals surface area contributed by atoms with Gasteiger partial charge in [-0.3, -0.25) is 19.0 Å². The van der Waals surface area contributed by atoms with Crippen LogP contribution in [0.3, 0.4) is 0 Å². The average Bonchev–Trinajstić information content (AvgIpc) is 2.88. The molecule has 8 nitrogen and oxygen atoms in total. The Morgan fingerprint density at radius 2 is 1.78 bits per heavy atom. The fraction of sp³-hybridized carbons (Fsp3) is 0.385. The fourth-order valence-corrected chi connectivity index (χ4v) is 4.61. The van der Waals surface area contributed by atoms with Crippen molar-refractivity contribution >= 4 is 51.6 Å². The summed E-state index contributed by atoms with van der Waals surface area (Å²) in [6.07, 6.45) is 3.27. The van der Waals surface area contributed by atoms with Crippen molar-refractivity contribution in [2.45, 2.75) is 39.3 Å². The van der Waals surface area contributed by atoms with E-state index in [9.17, 15) is 14.4 Å². The highest BCUT2D eigenvalue weighted by Crippen LogP contribution is 2.23. The summed E-state index contributed by atoms with van der Waals surface area (Å²) in [4.78, 5) is 45.3. The molecule has 0 saturated carbocycles. The molecule has 0 atom stereocenters. The second-order valence-electron chi connectivity index (χ2n) is 8.92. The number of unbranched alkanes of at least 4 members (excludes halogenated alkanes) is 1. The van der Waals surface area contributed by atoms with Gasteiger partial charge in [-0.25, -0.2) is 4.98 Å². The number of nitrogens with zero attached hydrogens (tertiary/aromatic N) is 4. The molecule has 4 rings (SSSR count).